The first kappa shape index (κ1) is 23.5. The summed E-state index contributed by atoms with van der Waals surface area (Å²) in [6.07, 6.45) is -2.12. The minimum Gasteiger partial charge on any atom is -0.340 e. The maximum atomic E-state index is 13.2. The van der Waals surface area contributed by atoms with Crippen LogP contribution in [0.15, 0.2) is 36.5 Å². The molecule has 2 aromatic heterocycles. The number of pyridine rings is 1. The van der Waals surface area contributed by atoms with Gasteiger partial charge in [0.2, 0.25) is 12.3 Å². The number of carbonyl (C=O) groups is 2. The molecular formula is C23H25F3N6O2. The number of rotatable bonds is 7. The number of fused-ring (bicyclic) bond motifs is 1. The standard InChI is InChI=1S/C23H25F3N6O2/c1-15-16(12-31(14-33)13-22(34)32-10-4-7-20(32)23(24,25)26)5-3-6-17(15)28-21-9-8-19-18(29-21)11-27-30(19)2/h3,5-6,8-9,11,14,20H,4,7,10,12-13H2,1-2H3,(H,28,29). The molecule has 180 valence electrons. The summed E-state index contributed by atoms with van der Waals surface area (Å²) < 4.78 is 41.4. The zero-order chi connectivity index (χ0) is 24.5. The second kappa shape index (κ2) is 9.32. The number of benzene rings is 1. The zero-order valence-corrected chi connectivity index (χ0v) is 18.8. The first-order valence-electron chi connectivity index (χ1n) is 10.9. The Balaban J connectivity index is 1.46. The second-order valence-corrected chi connectivity index (χ2v) is 8.38. The smallest absolute Gasteiger partial charge is 0.340 e. The molecule has 0 spiro atoms. The van der Waals surface area contributed by atoms with Gasteiger partial charge in [-0.3, -0.25) is 14.3 Å². The molecule has 3 aromatic rings. The van der Waals surface area contributed by atoms with E-state index >= 15 is 0 Å². The molecule has 11 heteroatoms. The number of carbonyl (C=O) groups excluding carboxylic acids is 2. The van der Waals surface area contributed by atoms with E-state index in [0.29, 0.717) is 18.6 Å². The van der Waals surface area contributed by atoms with Crippen molar-refractivity contribution in [3.8, 4) is 0 Å². The number of aromatic nitrogens is 3. The van der Waals surface area contributed by atoms with Crippen LogP contribution in [0.3, 0.4) is 0 Å². The quantitative estimate of drug-likeness (QED) is 0.530. The number of likely N-dealkylation sites (tertiary alicyclic amines) is 1. The number of aryl methyl sites for hydroxylation is 1. The highest BCUT2D eigenvalue weighted by molar-refractivity contribution is 5.81. The fourth-order valence-corrected chi connectivity index (χ4v) is 4.26. The van der Waals surface area contributed by atoms with E-state index in [1.807, 2.05) is 38.2 Å². The van der Waals surface area contributed by atoms with Gasteiger partial charge in [0.1, 0.15) is 17.4 Å². The Morgan fingerprint density at radius 1 is 1.29 bits per heavy atom. The van der Waals surface area contributed by atoms with Crippen LogP contribution in [0.25, 0.3) is 11.0 Å². The third-order valence-electron chi connectivity index (χ3n) is 6.12. The van der Waals surface area contributed by atoms with Gasteiger partial charge in [-0.2, -0.15) is 18.3 Å². The Morgan fingerprint density at radius 2 is 2.09 bits per heavy atom. The fourth-order valence-electron chi connectivity index (χ4n) is 4.26. The van der Waals surface area contributed by atoms with E-state index in [0.717, 1.165) is 32.7 Å². The number of amides is 2. The molecular weight excluding hydrogens is 449 g/mol. The minimum absolute atomic E-state index is 0.0441. The van der Waals surface area contributed by atoms with Gasteiger partial charge < -0.3 is 15.1 Å². The number of nitrogens with zero attached hydrogens (tertiary/aromatic N) is 5. The Labute approximate surface area is 194 Å². The number of hydrogen-bond donors (Lipinski definition) is 1. The molecule has 0 saturated carbocycles. The number of halogens is 3. The van der Waals surface area contributed by atoms with Crippen LogP contribution in [0, 0.1) is 6.92 Å². The molecule has 0 bridgehead atoms. The molecule has 1 aromatic carbocycles. The zero-order valence-electron chi connectivity index (χ0n) is 18.8. The van der Waals surface area contributed by atoms with E-state index in [4.69, 9.17) is 0 Å². The van der Waals surface area contributed by atoms with Crippen molar-refractivity contribution in [1.29, 1.82) is 0 Å². The van der Waals surface area contributed by atoms with E-state index < -0.39 is 24.7 Å². The predicted octanol–water partition coefficient (Wildman–Crippen LogP) is 3.53. The van der Waals surface area contributed by atoms with Gasteiger partial charge in [-0.25, -0.2) is 4.98 Å². The van der Waals surface area contributed by atoms with Gasteiger partial charge >= 0.3 is 6.18 Å². The third-order valence-corrected chi connectivity index (χ3v) is 6.12. The fraction of sp³-hybridized carbons (Fsp3) is 0.391. The summed E-state index contributed by atoms with van der Waals surface area (Å²) in [7, 11) is 1.83. The molecule has 1 aliphatic rings. The molecule has 0 aliphatic carbocycles. The lowest BCUT2D eigenvalue weighted by atomic mass is 10.1. The minimum atomic E-state index is -4.47. The highest BCUT2D eigenvalue weighted by Crippen LogP contribution is 2.32. The summed E-state index contributed by atoms with van der Waals surface area (Å²) in [6, 6.07) is 7.43. The van der Waals surface area contributed by atoms with Gasteiger partial charge in [0.05, 0.1) is 18.3 Å². The molecule has 34 heavy (non-hydrogen) atoms. The largest absolute Gasteiger partial charge is 0.408 e. The van der Waals surface area contributed by atoms with Crippen molar-refractivity contribution in [3.05, 3.63) is 47.7 Å². The van der Waals surface area contributed by atoms with E-state index in [1.54, 1.807) is 16.9 Å². The van der Waals surface area contributed by atoms with Crippen LogP contribution in [0.5, 0.6) is 0 Å². The summed E-state index contributed by atoms with van der Waals surface area (Å²) in [5, 5.41) is 7.44. The molecule has 8 nitrogen and oxygen atoms in total. The molecule has 2 amide bonds. The third kappa shape index (κ3) is 4.82. The molecule has 1 fully saturated rings. The first-order valence-corrected chi connectivity index (χ1v) is 10.9. The van der Waals surface area contributed by atoms with Crippen molar-refractivity contribution < 1.29 is 22.8 Å². The first-order chi connectivity index (χ1) is 16.2. The summed E-state index contributed by atoms with van der Waals surface area (Å²) in [5.74, 6) is -0.0803. The molecule has 1 unspecified atom stereocenters. The van der Waals surface area contributed by atoms with Gasteiger partial charge in [0.15, 0.2) is 0 Å². The lowest BCUT2D eigenvalue weighted by molar-refractivity contribution is -0.183. The monoisotopic (exact) mass is 474 g/mol. The summed E-state index contributed by atoms with van der Waals surface area (Å²) in [5.41, 5.74) is 4.01. The van der Waals surface area contributed by atoms with E-state index in [-0.39, 0.29) is 19.5 Å². The summed E-state index contributed by atoms with van der Waals surface area (Å²) in [4.78, 5) is 30.8. The Morgan fingerprint density at radius 3 is 2.82 bits per heavy atom. The maximum absolute atomic E-state index is 13.2. The van der Waals surface area contributed by atoms with Crippen molar-refractivity contribution in [3.63, 3.8) is 0 Å². The molecule has 1 saturated heterocycles. The van der Waals surface area contributed by atoms with Crippen LogP contribution in [-0.2, 0) is 23.2 Å². The van der Waals surface area contributed by atoms with Gasteiger partial charge in [-0.05, 0) is 49.1 Å². The number of nitrogens with one attached hydrogen (secondary N) is 1. The number of alkyl halides is 3. The maximum Gasteiger partial charge on any atom is 0.408 e. The SMILES string of the molecule is Cc1c(CN(C=O)CC(=O)N2CCCC2C(F)(F)F)cccc1Nc1ccc2c(cnn2C)n1. The molecule has 1 atom stereocenters. The van der Waals surface area contributed by atoms with E-state index in [1.165, 1.54) is 4.90 Å². The summed E-state index contributed by atoms with van der Waals surface area (Å²) >= 11 is 0. The molecule has 1 N–H and O–H groups in total. The normalized spacial score (nSPS) is 16.1. The van der Waals surface area contributed by atoms with Crippen molar-refractivity contribution in [2.45, 2.75) is 38.5 Å². The Bertz CT molecular complexity index is 1210. The molecule has 0 radical (unpaired) electrons. The molecule has 4 rings (SSSR count). The van der Waals surface area contributed by atoms with Gasteiger partial charge in [0.25, 0.3) is 0 Å². The van der Waals surface area contributed by atoms with Crippen molar-refractivity contribution in [2.24, 2.45) is 7.05 Å². The predicted molar refractivity (Wildman–Crippen MR) is 120 cm³/mol. The van der Waals surface area contributed by atoms with Crippen LogP contribution in [0.2, 0.25) is 0 Å². The van der Waals surface area contributed by atoms with Crippen LogP contribution >= 0.6 is 0 Å². The van der Waals surface area contributed by atoms with Crippen molar-refractivity contribution in [2.75, 3.05) is 18.4 Å². The Hall–Kier alpha value is -3.63. The van der Waals surface area contributed by atoms with Gasteiger partial charge in [-0.1, -0.05) is 12.1 Å². The highest BCUT2D eigenvalue weighted by atomic mass is 19.4. The average molecular weight is 474 g/mol. The highest BCUT2D eigenvalue weighted by Gasteiger charge is 2.47. The second-order valence-electron chi connectivity index (χ2n) is 8.38. The van der Waals surface area contributed by atoms with Crippen molar-refractivity contribution in [1.82, 2.24) is 24.6 Å². The van der Waals surface area contributed by atoms with Crippen molar-refractivity contribution >= 4 is 34.9 Å². The topological polar surface area (TPSA) is 83.4 Å². The van der Waals surface area contributed by atoms with Crippen LogP contribution in [-0.4, -0.2) is 62.2 Å². The van der Waals surface area contributed by atoms with Crippen LogP contribution in [0.1, 0.15) is 24.0 Å². The number of hydrogen-bond acceptors (Lipinski definition) is 5. The van der Waals surface area contributed by atoms with Crippen LogP contribution < -0.4 is 5.32 Å². The Kier molecular flexibility index (Phi) is 6.45. The molecule has 1 aliphatic heterocycles. The number of anilines is 2. The van der Waals surface area contributed by atoms with Gasteiger partial charge in [-0.15, -0.1) is 0 Å². The van der Waals surface area contributed by atoms with Crippen LogP contribution in [0.4, 0.5) is 24.7 Å². The average Bonchev–Trinajstić information content (AvgIpc) is 3.43. The van der Waals surface area contributed by atoms with E-state index in [9.17, 15) is 22.8 Å². The lowest BCUT2D eigenvalue weighted by Crippen LogP contribution is -2.48. The lowest BCUT2D eigenvalue weighted by Gasteiger charge is -2.28. The van der Waals surface area contributed by atoms with Gasteiger partial charge in [0, 0.05) is 25.8 Å². The molecule has 3 heterocycles. The van der Waals surface area contributed by atoms with E-state index in [2.05, 4.69) is 15.4 Å². The summed E-state index contributed by atoms with van der Waals surface area (Å²) in [6.45, 7) is 1.59.